The van der Waals surface area contributed by atoms with E-state index in [0.29, 0.717) is 13.2 Å². The lowest BCUT2D eigenvalue weighted by Crippen LogP contribution is -2.63. The fourth-order valence-corrected chi connectivity index (χ4v) is 2.20. The fraction of sp³-hybridized carbons (Fsp3) is 0.923. The summed E-state index contributed by atoms with van der Waals surface area (Å²) in [5.74, 6) is 0. The van der Waals surface area contributed by atoms with E-state index in [-0.39, 0.29) is 23.6 Å². The van der Waals surface area contributed by atoms with Crippen LogP contribution in [0.25, 0.3) is 0 Å². The third kappa shape index (κ3) is 3.36. The number of nitrogens with one attached hydrogen (secondary N) is 1. The van der Waals surface area contributed by atoms with Crippen molar-refractivity contribution in [3.8, 4) is 0 Å². The molecule has 0 radical (unpaired) electrons. The van der Waals surface area contributed by atoms with Gasteiger partial charge in [-0.1, -0.05) is 13.8 Å². The van der Waals surface area contributed by atoms with E-state index in [1.807, 2.05) is 6.92 Å². The molecule has 1 rings (SSSR count). The quantitative estimate of drug-likeness (QED) is 0.785. The molecule has 5 nitrogen and oxygen atoms in total. The number of carbonyl (C=O) groups is 1. The van der Waals surface area contributed by atoms with Gasteiger partial charge in [0.15, 0.2) is 0 Å². The maximum atomic E-state index is 11.9. The number of likely N-dealkylation sites (N-methyl/N-ethyl adjacent to an activating group) is 1. The van der Waals surface area contributed by atoms with Crippen LogP contribution in [0.5, 0.6) is 0 Å². The first-order valence-corrected chi connectivity index (χ1v) is 6.55. The summed E-state index contributed by atoms with van der Waals surface area (Å²) in [6.45, 7) is 8.15. The Hall–Kier alpha value is -0.810. The molecule has 1 N–H and O–H groups in total. The minimum absolute atomic E-state index is 0.00770. The van der Waals surface area contributed by atoms with Crippen LogP contribution in [0.1, 0.15) is 27.2 Å². The van der Waals surface area contributed by atoms with Gasteiger partial charge < -0.3 is 19.7 Å². The maximum absolute atomic E-state index is 11.9. The van der Waals surface area contributed by atoms with Crippen molar-refractivity contribution in [1.82, 2.24) is 10.2 Å². The number of methoxy groups -OCH3 is 1. The molecule has 106 valence electrons. The Balaban J connectivity index is 2.38. The summed E-state index contributed by atoms with van der Waals surface area (Å²) in [7, 11) is 3.41. The highest BCUT2D eigenvalue weighted by molar-refractivity contribution is 5.74. The summed E-state index contributed by atoms with van der Waals surface area (Å²) in [6, 6.07) is 0.145. The Morgan fingerprint density at radius 2 is 2.17 bits per heavy atom. The van der Waals surface area contributed by atoms with E-state index in [9.17, 15) is 4.79 Å². The molecular weight excluding hydrogens is 232 g/mol. The summed E-state index contributed by atoms with van der Waals surface area (Å²) in [6.07, 6.45) is 1.14. The van der Waals surface area contributed by atoms with Gasteiger partial charge in [-0.05, 0) is 13.3 Å². The molecule has 5 heteroatoms. The zero-order valence-corrected chi connectivity index (χ0v) is 12.2. The number of urea groups is 1. The van der Waals surface area contributed by atoms with E-state index >= 15 is 0 Å². The van der Waals surface area contributed by atoms with E-state index < -0.39 is 0 Å². The maximum Gasteiger partial charge on any atom is 0.317 e. The molecule has 0 unspecified atom stereocenters. The Morgan fingerprint density at radius 3 is 2.67 bits per heavy atom. The lowest BCUT2D eigenvalue weighted by Gasteiger charge is -2.51. The van der Waals surface area contributed by atoms with E-state index in [2.05, 4.69) is 19.2 Å². The van der Waals surface area contributed by atoms with Crippen LogP contribution >= 0.6 is 0 Å². The molecule has 1 saturated carbocycles. The Bertz CT molecular complexity index is 281. The number of ether oxygens (including phenoxy) is 2. The summed E-state index contributed by atoms with van der Waals surface area (Å²) >= 11 is 0. The van der Waals surface area contributed by atoms with Crippen LogP contribution in [-0.4, -0.2) is 57.0 Å². The third-order valence-corrected chi connectivity index (χ3v) is 3.82. The predicted octanol–water partition coefficient (Wildman–Crippen LogP) is 1.48. The first-order chi connectivity index (χ1) is 8.43. The van der Waals surface area contributed by atoms with Crippen molar-refractivity contribution in [2.75, 3.05) is 33.9 Å². The molecule has 0 saturated heterocycles. The minimum Gasteiger partial charge on any atom is -0.383 e. The standard InChI is InChI=1S/C13H26N2O3/c1-6-18-11-9-10(13(11,2)3)14-12(16)15(4)7-8-17-5/h10-11H,6-9H2,1-5H3,(H,14,16)/t10-,11-/m0/s1. The molecule has 0 aromatic heterocycles. The van der Waals surface area contributed by atoms with E-state index in [1.54, 1.807) is 19.1 Å². The van der Waals surface area contributed by atoms with Gasteiger partial charge in [0, 0.05) is 38.8 Å². The highest BCUT2D eigenvalue weighted by atomic mass is 16.5. The van der Waals surface area contributed by atoms with Crippen LogP contribution in [0.15, 0.2) is 0 Å². The number of carbonyl (C=O) groups excluding carboxylic acids is 1. The molecule has 2 amide bonds. The van der Waals surface area contributed by atoms with Crippen molar-refractivity contribution < 1.29 is 14.3 Å². The normalized spacial score (nSPS) is 25.4. The molecule has 0 aliphatic heterocycles. The molecule has 0 heterocycles. The van der Waals surface area contributed by atoms with Crippen LogP contribution < -0.4 is 5.32 Å². The lowest BCUT2D eigenvalue weighted by atomic mass is 9.64. The van der Waals surface area contributed by atoms with Crippen molar-refractivity contribution in [3.63, 3.8) is 0 Å². The highest BCUT2D eigenvalue weighted by Gasteiger charge is 2.49. The average Bonchev–Trinajstić information content (AvgIpc) is 2.34. The Morgan fingerprint density at radius 1 is 1.50 bits per heavy atom. The molecule has 1 aliphatic rings. The van der Waals surface area contributed by atoms with Crippen LogP contribution in [0.2, 0.25) is 0 Å². The van der Waals surface area contributed by atoms with Gasteiger partial charge in [0.1, 0.15) is 0 Å². The summed E-state index contributed by atoms with van der Waals surface area (Å²) in [5.41, 5.74) is 0.00770. The first kappa shape index (κ1) is 15.2. The molecule has 0 aromatic rings. The topological polar surface area (TPSA) is 50.8 Å². The molecular formula is C13H26N2O3. The monoisotopic (exact) mass is 258 g/mol. The molecule has 0 aromatic carbocycles. The Kier molecular flexibility index (Phi) is 5.41. The van der Waals surface area contributed by atoms with Gasteiger partial charge in [0.05, 0.1) is 12.7 Å². The lowest BCUT2D eigenvalue weighted by molar-refractivity contribution is -0.111. The number of rotatable bonds is 6. The SMILES string of the molecule is CCO[C@H]1C[C@H](NC(=O)N(C)CCOC)C1(C)C. The fourth-order valence-electron chi connectivity index (χ4n) is 2.20. The number of amides is 2. The van der Waals surface area contributed by atoms with Gasteiger partial charge >= 0.3 is 6.03 Å². The minimum atomic E-state index is -0.0416. The van der Waals surface area contributed by atoms with E-state index in [0.717, 1.165) is 13.0 Å². The smallest absolute Gasteiger partial charge is 0.317 e. The van der Waals surface area contributed by atoms with Crippen LogP contribution in [0.4, 0.5) is 4.79 Å². The summed E-state index contributed by atoms with van der Waals surface area (Å²) < 4.78 is 10.6. The van der Waals surface area contributed by atoms with Crippen LogP contribution in [0.3, 0.4) is 0 Å². The zero-order valence-electron chi connectivity index (χ0n) is 12.2. The van der Waals surface area contributed by atoms with Crippen molar-refractivity contribution >= 4 is 6.03 Å². The summed E-state index contributed by atoms with van der Waals surface area (Å²) in [5, 5.41) is 3.06. The molecule has 18 heavy (non-hydrogen) atoms. The van der Waals surface area contributed by atoms with Gasteiger partial charge in [-0.3, -0.25) is 0 Å². The highest BCUT2D eigenvalue weighted by Crippen LogP contribution is 2.42. The van der Waals surface area contributed by atoms with Crippen LogP contribution in [-0.2, 0) is 9.47 Å². The molecule has 2 atom stereocenters. The predicted molar refractivity (Wildman–Crippen MR) is 70.6 cm³/mol. The van der Waals surface area contributed by atoms with Gasteiger partial charge in [-0.15, -0.1) is 0 Å². The molecule has 0 bridgehead atoms. The number of nitrogens with zero attached hydrogens (tertiary/aromatic N) is 1. The van der Waals surface area contributed by atoms with Crippen molar-refractivity contribution in [1.29, 1.82) is 0 Å². The zero-order chi connectivity index (χ0) is 13.8. The van der Waals surface area contributed by atoms with Crippen molar-refractivity contribution in [2.45, 2.75) is 39.3 Å². The second-order valence-electron chi connectivity index (χ2n) is 5.42. The summed E-state index contributed by atoms with van der Waals surface area (Å²) in [4.78, 5) is 13.6. The van der Waals surface area contributed by atoms with E-state index in [4.69, 9.17) is 9.47 Å². The van der Waals surface area contributed by atoms with Crippen LogP contribution in [0, 0.1) is 5.41 Å². The first-order valence-electron chi connectivity index (χ1n) is 6.55. The second-order valence-corrected chi connectivity index (χ2v) is 5.42. The largest absolute Gasteiger partial charge is 0.383 e. The molecule has 1 fully saturated rings. The Labute approximate surface area is 110 Å². The van der Waals surface area contributed by atoms with Gasteiger partial charge in [0.25, 0.3) is 0 Å². The number of hydrogen-bond acceptors (Lipinski definition) is 3. The van der Waals surface area contributed by atoms with Gasteiger partial charge in [0.2, 0.25) is 0 Å². The number of hydrogen-bond donors (Lipinski definition) is 1. The van der Waals surface area contributed by atoms with Crippen molar-refractivity contribution in [3.05, 3.63) is 0 Å². The molecule has 1 aliphatic carbocycles. The average molecular weight is 258 g/mol. The molecule has 0 spiro atoms. The third-order valence-electron chi connectivity index (χ3n) is 3.82. The second kappa shape index (κ2) is 6.38. The van der Waals surface area contributed by atoms with Gasteiger partial charge in [-0.2, -0.15) is 0 Å². The van der Waals surface area contributed by atoms with Crippen molar-refractivity contribution in [2.24, 2.45) is 5.41 Å². The van der Waals surface area contributed by atoms with Gasteiger partial charge in [-0.25, -0.2) is 4.79 Å². The van der Waals surface area contributed by atoms with E-state index in [1.165, 1.54) is 0 Å².